The Morgan fingerprint density at radius 2 is 2.50 bits per heavy atom. The molecule has 0 aliphatic heterocycles. The quantitative estimate of drug-likeness (QED) is 0.663. The summed E-state index contributed by atoms with van der Waals surface area (Å²) in [5, 5.41) is 4.74. The van der Waals surface area contributed by atoms with Gasteiger partial charge in [-0.15, -0.1) is 11.3 Å². The van der Waals surface area contributed by atoms with Gasteiger partial charge in [-0.25, -0.2) is 0 Å². The number of hydrogen-bond acceptors (Lipinski definition) is 2. The number of rotatable bonds is 4. The van der Waals surface area contributed by atoms with Crippen molar-refractivity contribution in [2.75, 3.05) is 6.54 Å². The van der Waals surface area contributed by atoms with Crippen LogP contribution in [-0.2, 0) is 0 Å². The van der Waals surface area contributed by atoms with Crippen LogP contribution in [0.1, 0.15) is 23.0 Å². The van der Waals surface area contributed by atoms with Crippen molar-refractivity contribution >= 4 is 33.2 Å². The van der Waals surface area contributed by atoms with Crippen molar-refractivity contribution in [1.29, 1.82) is 0 Å². The van der Waals surface area contributed by atoms with Gasteiger partial charge in [0.1, 0.15) is 4.88 Å². The summed E-state index contributed by atoms with van der Waals surface area (Å²) in [6.07, 6.45) is 4.89. The average molecular weight is 274 g/mol. The van der Waals surface area contributed by atoms with Gasteiger partial charge in [0, 0.05) is 11.0 Å². The standard InChI is InChI=1S/C10H12BrNOS/c1-2-3-4-6-12-10(13)9-8(11)5-7-14-9/h2-3,5,7H,4,6H2,1H3,(H,12,13)/b3-2+. The van der Waals surface area contributed by atoms with E-state index >= 15 is 0 Å². The minimum atomic E-state index is -0.00335. The Kier molecular flexibility index (Phi) is 4.90. The first-order valence-electron chi connectivity index (χ1n) is 4.38. The van der Waals surface area contributed by atoms with E-state index in [-0.39, 0.29) is 5.91 Å². The largest absolute Gasteiger partial charge is 0.351 e. The highest BCUT2D eigenvalue weighted by molar-refractivity contribution is 9.10. The van der Waals surface area contributed by atoms with Gasteiger partial charge >= 0.3 is 0 Å². The number of allylic oxidation sites excluding steroid dienone is 1. The summed E-state index contributed by atoms with van der Waals surface area (Å²) in [5.74, 6) is -0.00335. The topological polar surface area (TPSA) is 29.1 Å². The second-order valence-corrected chi connectivity index (χ2v) is 4.48. The molecule has 0 spiro atoms. The third kappa shape index (κ3) is 3.27. The minimum absolute atomic E-state index is 0.00335. The lowest BCUT2D eigenvalue weighted by atomic mass is 10.3. The molecule has 1 N–H and O–H groups in total. The van der Waals surface area contributed by atoms with Gasteiger partial charge in [0.25, 0.3) is 5.91 Å². The van der Waals surface area contributed by atoms with Crippen molar-refractivity contribution in [3.8, 4) is 0 Å². The predicted octanol–water partition coefficient (Wildman–Crippen LogP) is 3.21. The Bertz CT molecular complexity index is 333. The van der Waals surface area contributed by atoms with Crippen molar-refractivity contribution in [1.82, 2.24) is 5.32 Å². The van der Waals surface area contributed by atoms with Crippen LogP contribution in [0, 0.1) is 0 Å². The molecule has 0 aliphatic rings. The highest BCUT2D eigenvalue weighted by Gasteiger charge is 2.09. The molecule has 1 amide bonds. The fourth-order valence-electron chi connectivity index (χ4n) is 0.972. The second-order valence-electron chi connectivity index (χ2n) is 2.71. The zero-order valence-corrected chi connectivity index (χ0v) is 10.3. The Morgan fingerprint density at radius 3 is 3.07 bits per heavy atom. The van der Waals surface area contributed by atoms with Crippen LogP contribution < -0.4 is 5.32 Å². The SMILES string of the molecule is C/C=C/CCNC(=O)c1sccc1Br. The fraction of sp³-hybridized carbons (Fsp3) is 0.300. The van der Waals surface area contributed by atoms with Gasteiger partial charge in [0.05, 0.1) is 0 Å². The molecule has 1 rings (SSSR count). The monoisotopic (exact) mass is 273 g/mol. The molecule has 1 aromatic rings. The van der Waals surface area contributed by atoms with Crippen LogP contribution in [0.3, 0.4) is 0 Å². The van der Waals surface area contributed by atoms with E-state index in [4.69, 9.17) is 0 Å². The molecule has 4 heteroatoms. The molecule has 0 radical (unpaired) electrons. The molecule has 0 bridgehead atoms. The first-order valence-corrected chi connectivity index (χ1v) is 6.05. The number of nitrogens with one attached hydrogen (secondary N) is 1. The third-order valence-corrected chi connectivity index (χ3v) is 3.49. The van der Waals surface area contributed by atoms with Crippen LogP contribution >= 0.6 is 27.3 Å². The van der Waals surface area contributed by atoms with Gasteiger partial charge in [0.2, 0.25) is 0 Å². The average Bonchev–Trinajstić information content (AvgIpc) is 2.59. The predicted molar refractivity (Wildman–Crippen MR) is 63.8 cm³/mol. The van der Waals surface area contributed by atoms with Crippen LogP contribution in [-0.4, -0.2) is 12.5 Å². The molecule has 2 nitrogen and oxygen atoms in total. The first kappa shape index (κ1) is 11.5. The van der Waals surface area contributed by atoms with E-state index in [1.165, 1.54) is 11.3 Å². The number of amides is 1. The zero-order valence-electron chi connectivity index (χ0n) is 7.92. The molecule has 14 heavy (non-hydrogen) atoms. The van der Waals surface area contributed by atoms with E-state index in [1.807, 2.05) is 30.5 Å². The molecular formula is C10H12BrNOS. The van der Waals surface area contributed by atoms with Gasteiger partial charge < -0.3 is 5.32 Å². The van der Waals surface area contributed by atoms with Crippen molar-refractivity contribution in [3.05, 3.63) is 32.9 Å². The number of thiophene rings is 1. The molecule has 0 fully saturated rings. The zero-order chi connectivity index (χ0) is 10.4. The van der Waals surface area contributed by atoms with E-state index < -0.39 is 0 Å². The summed E-state index contributed by atoms with van der Waals surface area (Å²) in [4.78, 5) is 12.3. The molecule has 0 atom stereocenters. The van der Waals surface area contributed by atoms with Gasteiger partial charge in [-0.05, 0) is 40.7 Å². The van der Waals surface area contributed by atoms with Crippen LogP contribution in [0.25, 0.3) is 0 Å². The van der Waals surface area contributed by atoms with Crippen LogP contribution in [0.5, 0.6) is 0 Å². The van der Waals surface area contributed by atoms with E-state index in [0.717, 1.165) is 15.8 Å². The summed E-state index contributed by atoms with van der Waals surface area (Å²) in [5.41, 5.74) is 0. The van der Waals surface area contributed by atoms with E-state index in [0.29, 0.717) is 6.54 Å². The molecule has 0 saturated carbocycles. The van der Waals surface area contributed by atoms with Crippen LogP contribution in [0.4, 0.5) is 0 Å². The minimum Gasteiger partial charge on any atom is -0.351 e. The number of carbonyl (C=O) groups is 1. The smallest absolute Gasteiger partial charge is 0.262 e. The second kappa shape index (κ2) is 5.98. The number of hydrogen-bond donors (Lipinski definition) is 1. The molecule has 1 aromatic heterocycles. The molecule has 1 heterocycles. The maximum atomic E-state index is 11.5. The van der Waals surface area contributed by atoms with Crippen molar-refractivity contribution < 1.29 is 4.79 Å². The molecule has 0 unspecified atom stereocenters. The summed E-state index contributed by atoms with van der Waals surface area (Å²) in [6, 6.07) is 1.88. The molecular weight excluding hydrogens is 262 g/mol. The fourth-order valence-corrected chi connectivity index (χ4v) is 2.44. The Balaban J connectivity index is 2.40. The highest BCUT2D eigenvalue weighted by atomic mass is 79.9. The van der Waals surface area contributed by atoms with E-state index in [2.05, 4.69) is 21.2 Å². The highest BCUT2D eigenvalue weighted by Crippen LogP contribution is 2.22. The van der Waals surface area contributed by atoms with Gasteiger partial charge in [-0.2, -0.15) is 0 Å². The summed E-state index contributed by atoms with van der Waals surface area (Å²) >= 11 is 4.77. The van der Waals surface area contributed by atoms with Crippen molar-refractivity contribution in [2.24, 2.45) is 0 Å². The molecule has 0 aliphatic carbocycles. The molecule has 0 aromatic carbocycles. The van der Waals surface area contributed by atoms with Crippen molar-refractivity contribution in [2.45, 2.75) is 13.3 Å². The van der Waals surface area contributed by atoms with Crippen molar-refractivity contribution in [3.63, 3.8) is 0 Å². The number of carbonyl (C=O) groups excluding carboxylic acids is 1. The Hall–Kier alpha value is -0.610. The lowest BCUT2D eigenvalue weighted by Crippen LogP contribution is -2.23. The van der Waals surface area contributed by atoms with E-state index in [1.54, 1.807) is 0 Å². The maximum Gasteiger partial charge on any atom is 0.262 e. The molecule has 0 saturated heterocycles. The van der Waals surface area contributed by atoms with Gasteiger partial charge in [-0.1, -0.05) is 12.2 Å². The van der Waals surface area contributed by atoms with Gasteiger partial charge in [-0.3, -0.25) is 4.79 Å². The summed E-state index contributed by atoms with van der Waals surface area (Å²) in [6.45, 7) is 2.66. The normalized spacial score (nSPS) is 10.7. The summed E-state index contributed by atoms with van der Waals surface area (Å²) < 4.78 is 0.867. The Labute approximate surface area is 96.2 Å². The first-order chi connectivity index (χ1) is 6.75. The maximum absolute atomic E-state index is 11.5. The Morgan fingerprint density at radius 1 is 1.71 bits per heavy atom. The number of halogens is 1. The van der Waals surface area contributed by atoms with Crippen LogP contribution in [0.2, 0.25) is 0 Å². The third-order valence-electron chi connectivity index (χ3n) is 1.66. The summed E-state index contributed by atoms with van der Waals surface area (Å²) in [7, 11) is 0. The van der Waals surface area contributed by atoms with Gasteiger partial charge in [0.15, 0.2) is 0 Å². The van der Waals surface area contributed by atoms with Crippen LogP contribution in [0.15, 0.2) is 28.1 Å². The lowest BCUT2D eigenvalue weighted by molar-refractivity contribution is 0.0957. The van der Waals surface area contributed by atoms with E-state index in [9.17, 15) is 4.79 Å². The lowest BCUT2D eigenvalue weighted by Gasteiger charge is -2.01. The molecule has 76 valence electrons.